The van der Waals surface area contributed by atoms with Gasteiger partial charge in [-0.1, -0.05) is 6.07 Å². The van der Waals surface area contributed by atoms with Crippen molar-refractivity contribution in [3.05, 3.63) is 35.1 Å². The third-order valence-electron chi connectivity index (χ3n) is 3.27. The first-order valence-corrected chi connectivity index (χ1v) is 5.39. The van der Waals surface area contributed by atoms with Crippen molar-refractivity contribution in [1.29, 1.82) is 0 Å². The molecule has 1 aliphatic rings. The molecular weight excluding hydrogens is 252 g/mol. The molecule has 2 rings (SSSR count). The first kappa shape index (κ1) is 13.3. The highest BCUT2D eigenvalue weighted by Crippen LogP contribution is 2.44. The van der Waals surface area contributed by atoms with E-state index in [4.69, 9.17) is 4.74 Å². The predicted octanol–water partition coefficient (Wildman–Crippen LogP) is 2.84. The van der Waals surface area contributed by atoms with Crippen LogP contribution in [0, 0.1) is 5.82 Å². The molecule has 0 saturated heterocycles. The molecule has 18 heavy (non-hydrogen) atoms. The van der Waals surface area contributed by atoms with Gasteiger partial charge in [-0.25, -0.2) is 4.39 Å². The summed E-state index contributed by atoms with van der Waals surface area (Å²) in [5.41, 5.74) is -2.63. The van der Waals surface area contributed by atoms with Gasteiger partial charge in [-0.2, -0.15) is 13.2 Å². The van der Waals surface area contributed by atoms with Crippen LogP contribution in [-0.4, -0.2) is 18.3 Å². The van der Waals surface area contributed by atoms with E-state index < -0.39 is 23.2 Å². The van der Waals surface area contributed by atoms with Crippen molar-refractivity contribution >= 4 is 0 Å². The second kappa shape index (κ2) is 4.20. The Bertz CT molecular complexity index is 450. The van der Waals surface area contributed by atoms with Crippen LogP contribution in [0.3, 0.4) is 0 Å². The van der Waals surface area contributed by atoms with Gasteiger partial charge >= 0.3 is 6.18 Å². The molecule has 1 aromatic rings. The average Bonchev–Trinajstić information content (AvgIpc) is 2.23. The quantitative estimate of drug-likeness (QED) is 0.832. The van der Waals surface area contributed by atoms with Crippen LogP contribution in [0.4, 0.5) is 17.6 Å². The molecule has 0 radical (unpaired) electrons. The summed E-state index contributed by atoms with van der Waals surface area (Å²) in [7, 11) is 1.47. The van der Waals surface area contributed by atoms with Gasteiger partial charge in [-0.15, -0.1) is 0 Å². The molecular formula is C12H12F4O2. The van der Waals surface area contributed by atoms with Crippen LogP contribution in [0.2, 0.25) is 0 Å². The van der Waals surface area contributed by atoms with E-state index in [9.17, 15) is 22.7 Å². The summed E-state index contributed by atoms with van der Waals surface area (Å²) in [5.74, 6) is -1.34. The Kier molecular flexibility index (Phi) is 3.11. The number of ether oxygens (including phenoxy) is 1. The molecule has 1 fully saturated rings. The van der Waals surface area contributed by atoms with E-state index in [2.05, 4.69) is 0 Å². The van der Waals surface area contributed by atoms with Gasteiger partial charge in [0.25, 0.3) is 0 Å². The largest absolute Gasteiger partial charge is 0.419 e. The first-order chi connectivity index (χ1) is 8.26. The van der Waals surface area contributed by atoms with Crippen LogP contribution in [0.15, 0.2) is 18.2 Å². The van der Waals surface area contributed by atoms with E-state index in [0.29, 0.717) is 6.07 Å². The van der Waals surface area contributed by atoms with Crippen LogP contribution in [0.1, 0.15) is 24.0 Å². The molecule has 1 aromatic carbocycles. The Morgan fingerprint density at radius 3 is 2.44 bits per heavy atom. The van der Waals surface area contributed by atoms with Crippen molar-refractivity contribution in [2.24, 2.45) is 0 Å². The van der Waals surface area contributed by atoms with E-state index in [1.165, 1.54) is 13.2 Å². The highest BCUT2D eigenvalue weighted by Gasteiger charge is 2.45. The van der Waals surface area contributed by atoms with Gasteiger partial charge in [0.15, 0.2) is 0 Å². The van der Waals surface area contributed by atoms with Crippen molar-refractivity contribution in [2.75, 3.05) is 7.11 Å². The summed E-state index contributed by atoms with van der Waals surface area (Å²) in [4.78, 5) is 0. The number of hydrogen-bond acceptors (Lipinski definition) is 2. The number of aliphatic hydroxyl groups is 1. The Morgan fingerprint density at radius 1 is 1.33 bits per heavy atom. The van der Waals surface area contributed by atoms with Crippen LogP contribution in [0.5, 0.6) is 0 Å². The van der Waals surface area contributed by atoms with Gasteiger partial charge in [-0.05, 0) is 17.7 Å². The van der Waals surface area contributed by atoms with Gasteiger partial charge < -0.3 is 9.84 Å². The maximum Gasteiger partial charge on any atom is 0.419 e. The molecule has 0 bridgehead atoms. The lowest BCUT2D eigenvalue weighted by Gasteiger charge is -2.43. The number of rotatable bonds is 2. The van der Waals surface area contributed by atoms with E-state index in [-0.39, 0.29) is 24.5 Å². The highest BCUT2D eigenvalue weighted by molar-refractivity contribution is 5.33. The van der Waals surface area contributed by atoms with Gasteiger partial charge in [-0.3, -0.25) is 0 Å². The zero-order valence-corrected chi connectivity index (χ0v) is 9.59. The SMILES string of the molecule is COC1CC(O)(c2ccc(F)c(C(F)(F)F)c2)C1. The fourth-order valence-corrected chi connectivity index (χ4v) is 2.13. The van der Waals surface area contributed by atoms with E-state index in [1.807, 2.05) is 0 Å². The van der Waals surface area contributed by atoms with Gasteiger partial charge in [0.1, 0.15) is 5.82 Å². The second-order valence-corrected chi connectivity index (χ2v) is 4.49. The van der Waals surface area contributed by atoms with Gasteiger partial charge in [0.2, 0.25) is 0 Å². The minimum absolute atomic E-state index is 0.0736. The molecule has 1 aliphatic carbocycles. The predicted molar refractivity (Wildman–Crippen MR) is 55.3 cm³/mol. The standard InChI is InChI=1S/C12H12F4O2/c1-18-8-5-11(17,6-8)7-2-3-10(13)9(4-7)12(14,15)16/h2-4,8,17H,5-6H2,1H3. The molecule has 100 valence electrons. The molecule has 0 unspecified atom stereocenters. The van der Waals surface area contributed by atoms with E-state index >= 15 is 0 Å². The van der Waals surface area contributed by atoms with Gasteiger partial charge in [0.05, 0.1) is 17.3 Å². The summed E-state index contributed by atoms with van der Waals surface area (Å²) in [6, 6.07) is 2.58. The Morgan fingerprint density at radius 2 is 1.94 bits per heavy atom. The average molecular weight is 264 g/mol. The Labute approximate surface area is 101 Å². The summed E-state index contributed by atoms with van der Waals surface area (Å²) in [6.07, 6.45) is -4.51. The van der Waals surface area contributed by atoms with Crippen LogP contribution >= 0.6 is 0 Å². The molecule has 6 heteroatoms. The second-order valence-electron chi connectivity index (χ2n) is 4.49. The maximum atomic E-state index is 13.1. The summed E-state index contributed by atoms with van der Waals surface area (Å²) >= 11 is 0. The van der Waals surface area contributed by atoms with Crippen molar-refractivity contribution in [1.82, 2.24) is 0 Å². The molecule has 1 saturated carbocycles. The Balaban J connectivity index is 2.31. The van der Waals surface area contributed by atoms with Crippen LogP contribution in [-0.2, 0) is 16.5 Å². The molecule has 0 heterocycles. The third-order valence-corrected chi connectivity index (χ3v) is 3.27. The van der Waals surface area contributed by atoms with Gasteiger partial charge in [0, 0.05) is 20.0 Å². The number of hydrogen-bond donors (Lipinski definition) is 1. The molecule has 0 amide bonds. The lowest BCUT2D eigenvalue weighted by Crippen LogP contribution is -2.45. The smallest absolute Gasteiger partial charge is 0.385 e. The number of benzene rings is 1. The fourth-order valence-electron chi connectivity index (χ4n) is 2.13. The zero-order valence-electron chi connectivity index (χ0n) is 9.59. The number of methoxy groups -OCH3 is 1. The highest BCUT2D eigenvalue weighted by atomic mass is 19.4. The van der Waals surface area contributed by atoms with E-state index in [0.717, 1.165) is 6.07 Å². The maximum absolute atomic E-state index is 13.1. The number of halogens is 4. The third kappa shape index (κ3) is 2.22. The fraction of sp³-hybridized carbons (Fsp3) is 0.500. The minimum Gasteiger partial charge on any atom is -0.385 e. The molecule has 0 atom stereocenters. The van der Waals surface area contributed by atoms with Crippen molar-refractivity contribution in [3.8, 4) is 0 Å². The van der Waals surface area contributed by atoms with Crippen LogP contribution < -0.4 is 0 Å². The Hall–Kier alpha value is -1.14. The summed E-state index contributed by atoms with van der Waals surface area (Å²) in [5, 5.41) is 10.1. The molecule has 0 aromatic heterocycles. The lowest BCUT2D eigenvalue weighted by molar-refractivity contribution is -0.142. The topological polar surface area (TPSA) is 29.5 Å². The summed E-state index contributed by atoms with van der Waals surface area (Å²) < 4.78 is 55.7. The van der Waals surface area contributed by atoms with Crippen molar-refractivity contribution < 1.29 is 27.4 Å². The van der Waals surface area contributed by atoms with E-state index in [1.54, 1.807) is 0 Å². The monoisotopic (exact) mass is 264 g/mol. The number of alkyl halides is 3. The molecule has 0 aliphatic heterocycles. The molecule has 1 N–H and O–H groups in total. The normalized spacial score (nSPS) is 28.0. The van der Waals surface area contributed by atoms with Crippen LogP contribution in [0.25, 0.3) is 0 Å². The molecule has 0 spiro atoms. The molecule has 2 nitrogen and oxygen atoms in total. The van der Waals surface area contributed by atoms with Crippen molar-refractivity contribution in [3.63, 3.8) is 0 Å². The zero-order chi connectivity index (χ0) is 13.6. The van der Waals surface area contributed by atoms with Crippen molar-refractivity contribution in [2.45, 2.75) is 30.7 Å². The first-order valence-electron chi connectivity index (χ1n) is 5.39. The lowest BCUT2D eigenvalue weighted by atomic mass is 9.72. The summed E-state index contributed by atoms with van der Waals surface area (Å²) in [6.45, 7) is 0. The minimum atomic E-state index is -4.76.